The van der Waals surface area contributed by atoms with Crippen LogP contribution < -0.4 is 5.32 Å². The molecule has 0 aliphatic heterocycles. The second kappa shape index (κ2) is 6.58. The molecule has 3 heteroatoms. The summed E-state index contributed by atoms with van der Waals surface area (Å²) in [5, 5.41) is 23.3. The van der Waals surface area contributed by atoms with Crippen molar-refractivity contribution in [1.82, 2.24) is 5.32 Å². The summed E-state index contributed by atoms with van der Waals surface area (Å²) in [7, 11) is 0. The lowest BCUT2D eigenvalue weighted by Crippen LogP contribution is -2.42. The summed E-state index contributed by atoms with van der Waals surface area (Å²) < 4.78 is 0. The lowest BCUT2D eigenvalue weighted by molar-refractivity contribution is 0.0391. The van der Waals surface area contributed by atoms with Crippen molar-refractivity contribution in [3.05, 3.63) is 0 Å². The third kappa shape index (κ3) is 4.04. The number of rotatable bonds is 7. The zero-order valence-electron chi connectivity index (χ0n) is 10.7. The average molecular weight is 229 g/mol. The molecule has 0 aromatic rings. The Morgan fingerprint density at radius 2 is 1.75 bits per heavy atom. The second-order valence-corrected chi connectivity index (χ2v) is 5.21. The van der Waals surface area contributed by atoms with Gasteiger partial charge in [-0.15, -0.1) is 0 Å². The van der Waals surface area contributed by atoms with Crippen molar-refractivity contribution < 1.29 is 10.2 Å². The van der Waals surface area contributed by atoms with Gasteiger partial charge in [-0.1, -0.05) is 39.5 Å². The van der Waals surface area contributed by atoms with Crippen molar-refractivity contribution in [2.24, 2.45) is 5.92 Å². The van der Waals surface area contributed by atoms with E-state index < -0.39 is 5.60 Å². The van der Waals surface area contributed by atoms with Gasteiger partial charge in [0, 0.05) is 13.1 Å². The molecule has 1 saturated carbocycles. The van der Waals surface area contributed by atoms with Gasteiger partial charge in [0.2, 0.25) is 0 Å². The molecule has 16 heavy (non-hydrogen) atoms. The van der Waals surface area contributed by atoms with Crippen molar-refractivity contribution in [2.75, 3.05) is 13.1 Å². The van der Waals surface area contributed by atoms with Crippen molar-refractivity contribution in [3.63, 3.8) is 0 Å². The third-order valence-corrected chi connectivity index (χ3v) is 3.93. The molecule has 3 nitrogen and oxygen atoms in total. The molecule has 0 amide bonds. The molecule has 1 aliphatic rings. The Morgan fingerprint density at radius 3 is 2.25 bits per heavy atom. The monoisotopic (exact) mass is 229 g/mol. The fourth-order valence-electron chi connectivity index (χ4n) is 2.66. The highest BCUT2D eigenvalue weighted by Crippen LogP contribution is 2.28. The number of nitrogens with one attached hydrogen (secondary N) is 1. The molecule has 1 atom stereocenters. The Kier molecular flexibility index (Phi) is 5.73. The lowest BCUT2D eigenvalue weighted by atomic mass is 9.96. The molecular formula is C13H27NO2. The highest BCUT2D eigenvalue weighted by molar-refractivity contribution is 4.86. The van der Waals surface area contributed by atoms with E-state index in [0.717, 1.165) is 38.5 Å². The Balaban J connectivity index is 2.19. The quantitative estimate of drug-likeness (QED) is 0.622. The van der Waals surface area contributed by atoms with E-state index in [0.29, 0.717) is 19.0 Å². The number of hydrogen-bond acceptors (Lipinski definition) is 3. The molecule has 1 aliphatic carbocycles. The van der Waals surface area contributed by atoms with Crippen LogP contribution in [0.3, 0.4) is 0 Å². The standard InChI is InChI=1S/C13H27NO2/c1-3-11(4-2)12(15)9-14-10-13(16)7-5-6-8-13/h11-12,14-16H,3-10H2,1-2H3. The molecule has 0 saturated heterocycles. The summed E-state index contributed by atoms with van der Waals surface area (Å²) >= 11 is 0. The van der Waals surface area contributed by atoms with Gasteiger partial charge in [-0.2, -0.15) is 0 Å². The molecule has 0 aromatic carbocycles. The van der Waals surface area contributed by atoms with E-state index >= 15 is 0 Å². The maximum absolute atomic E-state index is 10.1. The fourth-order valence-corrected chi connectivity index (χ4v) is 2.66. The zero-order chi connectivity index (χ0) is 12.0. The highest BCUT2D eigenvalue weighted by atomic mass is 16.3. The predicted molar refractivity (Wildman–Crippen MR) is 66.4 cm³/mol. The number of aliphatic hydroxyl groups is 2. The maximum Gasteiger partial charge on any atom is 0.0771 e. The Bertz CT molecular complexity index is 186. The van der Waals surface area contributed by atoms with Crippen LogP contribution in [0.2, 0.25) is 0 Å². The largest absolute Gasteiger partial charge is 0.392 e. The summed E-state index contributed by atoms with van der Waals surface area (Å²) in [5.74, 6) is 0.380. The normalized spacial score (nSPS) is 21.6. The molecule has 0 radical (unpaired) electrons. The first-order chi connectivity index (χ1) is 7.61. The Morgan fingerprint density at radius 1 is 1.19 bits per heavy atom. The third-order valence-electron chi connectivity index (χ3n) is 3.93. The van der Waals surface area contributed by atoms with E-state index in [1.807, 2.05) is 0 Å². The van der Waals surface area contributed by atoms with Gasteiger partial charge >= 0.3 is 0 Å². The topological polar surface area (TPSA) is 52.5 Å². The first-order valence-electron chi connectivity index (χ1n) is 6.72. The van der Waals surface area contributed by atoms with Crippen molar-refractivity contribution >= 4 is 0 Å². The van der Waals surface area contributed by atoms with Crippen molar-refractivity contribution in [3.8, 4) is 0 Å². The Hall–Kier alpha value is -0.120. The average Bonchev–Trinajstić information content (AvgIpc) is 2.67. The van der Waals surface area contributed by atoms with Crippen LogP contribution in [-0.4, -0.2) is 35.0 Å². The molecule has 1 rings (SSSR count). The van der Waals surface area contributed by atoms with E-state index in [9.17, 15) is 10.2 Å². The van der Waals surface area contributed by atoms with Crippen LogP contribution in [0.15, 0.2) is 0 Å². The van der Waals surface area contributed by atoms with Crippen molar-refractivity contribution in [2.45, 2.75) is 64.1 Å². The number of aliphatic hydroxyl groups excluding tert-OH is 1. The van der Waals surface area contributed by atoms with E-state index in [4.69, 9.17) is 0 Å². The van der Waals surface area contributed by atoms with Crippen LogP contribution in [0, 0.1) is 5.92 Å². The van der Waals surface area contributed by atoms with Crippen LogP contribution in [0.25, 0.3) is 0 Å². The summed E-state index contributed by atoms with van der Waals surface area (Å²) in [6, 6.07) is 0. The molecule has 0 aromatic heterocycles. The van der Waals surface area contributed by atoms with Gasteiger partial charge in [0.25, 0.3) is 0 Å². The molecule has 0 spiro atoms. The maximum atomic E-state index is 10.1. The van der Waals surface area contributed by atoms with Gasteiger partial charge in [0.05, 0.1) is 11.7 Å². The van der Waals surface area contributed by atoms with Crippen LogP contribution in [-0.2, 0) is 0 Å². The highest BCUT2D eigenvalue weighted by Gasteiger charge is 2.30. The van der Waals surface area contributed by atoms with Crippen molar-refractivity contribution in [1.29, 1.82) is 0 Å². The van der Waals surface area contributed by atoms with Crippen LogP contribution in [0.1, 0.15) is 52.4 Å². The molecule has 3 N–H and O–H groups in total. The molecule has 0 heterocycles. The summed E-state index contributed by atoms with van der Waals surface area (Å²) in [4.78, 5) is 0. The van der Waals surface area contributed by atoms with Gasteiger partial charge in [0.1, 0.15) is 0 Å². The SMILES string of the molecule is CCC(CC)C(O)CNCC1(O)CCCC1. The zero-order valence-corrected chi connectivity index (χ0v) is 10.7. The minimum atomic E-state index is -0.506. The van der Waals surface area contributed by atoms with E-state index in [1.54, 1.807) is 0 Å². The van der Waals surface area contributed by atoms with Gasteiger partial charge in [0.15, 0.2) is 0 Å². The summed E-state index contributed by atoms with van der Waals surface area (Å²) in [5.41, 5.74) is -0.506. The molecule has 0 bridgehead atoms. The van der Waals surface area contributed by atoms with Crippen LogP contribution in [0.4, 0.5) is 0 Å². The van der Waals surface area contributed by atoms with Gasteiger partial charge in [-0.3, -0.25) is 0 Å². The minimum absolute atomic E-state index is 0.278. The first-order valence-corrected chi connectivity index (χ1v) is 6.72. The fraction of sp³-hybridized carbons (Fsp3) is 1.00. The van der Waals surface area contributed by atoms with E-state index in [2.05, 4.69) is 19.2 Å². The molecule has 96 valence electrons. The molecule has 1 unspecified atom stereocenters. The summed E-state index contributed by atoms with van der Waals surface area (Å²) in [6.45, 7) is 5.46. The van der Waals surface area contributed by atoms with E-state index in [-0.39, 0.29) is 6.10 Å². The second-order valence-electron chi connectivity index (χ2n) is 5.21. The minimum Gasteiger partial charge on any atom is -0.392 e. The van der Waals surface area contributed by atoms with Crippen LogP contribution >= 0.6 is 0 Å². The summed E-state index contributed by atoms with van der Waals surface area (Å²) in [6.07, 6.45) is 5.83. The first kappa shape index (κ1) is 13.9. The van der Waals surface area contributed by atoms with Gasteiger partial charge in [-0.25, -0.2) is 0 Å². The lowest BCUT2D eigenvalue weighted by Gasteiger charge is -2.25. The predicted octanol–water partition coefficient (Wildman–Crippen LogP) is 1.68. The Labute approximate surface area is 99.3 Å². The smallest absolute Gasteiger partial charge is 0.0771 e. The van der Waals surface area contributed by atoms with Gasteiger partial charge < -0.3 is 15.5 Å². The molecular weight excluding hydrogens is 202 g/mol. The number of hydrogen-bond donors (Lipinski definition) is 3. The van der Waals surface area contributed by atoms with E-state index in [1.165, 1.54) is 0 Å². The van der Waals surface area contributed by atoms with Gasteiger partial charge in [-0.05, 0) is 18.8 Å². The molecule has 1 fully saturated rings. The van der Waals surface area contributed by atoms with Crippen LogP contribution in [0.5, 0.6) is 0 Å².